The molecule has 1 rings (SSSR count). The van der Waals surface area contributed by atoms with Gasteiger partial charge < -0.3 is 9.64 Å². The van der Waals surface area contributed by atoms with Crippen molar-refractivity contribution in [1.29, 1.82) is 0 Å². The van der Waals surface area contributed by atoms with Crippen molar-refractivity contribution in [3.05, 3.63) is 0 Å². The molecule has 5 nitrogen and oxygen atoms in total. The Morgan fingerprint density at radius 2 is 1.89 bits per heavy atom. The summed E-state index contributed by atoms with van der Waals surface area (Å²) in [5.41, 5.74) is 0. The molecule has 0 spiro atoms. The molecule has 0 radical (unpaired) electrons. The molecule has 0 bridgehead atoms. The maximum atomic E-state index is 12.0. The van der Waals surface area contributed by atoms with Gasteiger partial charge >= 0.3 is 5.97 Å². The van der Waals surface area contributed by atoms with Crippen molar-refractivity contribution >= 4 is 11.9 Å². The summed E-state index contributed by atoms with van der Waals surface area (Å²) in [6.07, 6.45) is 1.58. The fourth-order valence-corrected chi connectivity index (χ4v) is 2.18. The van der Waals surface area contributed by atoms with Gasteiger partial charge in [-0.15, -0.1) is 0 Å². The van der Waals surface area contributed by atoms with Gasteiger partial charge in [0.1, 0.15) is 0 Å². The standard InChI is InChI=1S/C14H26N2O3/c1-5-19-14(18)12-6-8-16(9-7-12)10-13(17)15(4)11(2)3/h11-12H,5-10H2,1-4H3. The molecule has 1 aliphatic heterocycles. The first-order chi connectivity index (χ1) is 8.95. The molecule has 5 heteroatoms. The van der Waals surface area contributed by atoms with Crippen LogP contribution in [-0.4, -0.2) is 61.0 Å². The largest absolute Gasteiger partial charge is 0.466 e. The van der Waals surface area contributed by atoms with Crippen LogP contribution in [0.5, 0.6) is 0 Å². The predicted molar refractivity (Wildman–Crippen MR) is 73.7 cm³/mol. The molecule has 0 saturated carbocycles. The number of amides is 1. The number of likely N-dealkylation sites (N-methyl/N-ethyl adjacent to an activating group) is 1. The van der Waals surface area contributed by atoms with Crippen LogP contribution in [0.15, 0.2) is 0 Å². The van der Waals surface area contributed by atoms with Crippen LogP contribution >= 0.6 is 0 Å². The van der Waals surface area contributed by atoms with Crippen molar-refractivity contribution in [3.63, 3.8) is 0 Å². The molecule has 0 aromatic carbocycles. The highest BCUT2D eigenvalue weighted by Crippen LogP contribution is 2.18. The molecule has 110 valence electrons. The third kappa shape index (κ3) is 4.82. The zero-order chi connectivity index (χ0) is 14.4. The lowest BCUT2D eigenvalue weighted by molar-refractivity contribution is -0.149. The predicted octanol–water partition coefficient (Wildman–Crippen LogP) is 1.13. The van der Waals surface area contributed by atoms with E-state index in [4.69, 9.17) is 4.74 Å². The normalized spacial score (nSPS) is 17.5. The van der Waals surface area contributed by atoms with Crippen LogP contribution in [0.3, 0.4) is 0 Å². The molecule has 0 atom stereocenters. The second kappa shape index (κ2) is 7.48. The molecule has 1 saturated heterocycles. The van der Waals surface area contributed by atoms with Crippen LogP contribution in [0, 0.1) is 5.92 Å². The van der Waals surface area contributed by atoms with E-state index in [9.17, 15) is 9.59 Å². The zero-order valence-electron chi connectivity index (χ0n) is 12.5. The van der Waals surface area contributed by atoms with Crippen molar-refractivity contribution in [2.45, 2.75) is 39.7 Å². The molecule has 19 heavy (non-hydrogen) atoms. The second-order valence-electron chi connectivity index (χ2n) is 5.40. The van der Waals surface area contributed by atoms with E-state index in [1.54, 1.807) is 4.90 Å². The Kier molecular flexibility index (Phi) is 6.28. The third-order valence-electron chi connectivity index (χ3n) is 3.73. The highest BCUT2D eigenvalue weighted by molar-refractivity contribution is 5.78. The average molecular weight is 270 g/mol. The molecule has 0 aliphatic carbocycles. The van der Waals surface area contributed by atoms with Gasteiger partial charge in [-0.3, -0.25) is 14.5 Å². The SMILES string of the molecule is CCOC(=O)C1CCN(CC(=O)N(C)C(C)C)CC1. The van der Waals surface area contributed by atoms with Gasteiger partial charge in [0.25, 0.3) is 0 Å². The molecule has 1 aliphatic rings. The fraction of sp³-hybridized carbons (Fsp3) is 0.857. The summed E-state index contributed by atoms with van der Waals surface area (Å²) in [7, 11) is 1.83. The Morgan fingerprint density at radius 1 is 1.32 bits per heavy atom. The number of ether oxygens (including phenoxy) is 1. The maximum Gasteiger partial charge on any atom is 0.309 e. The quantitative estimate of drug-likeness (QED) is 0.703. The van der Waals surface area contributed by atoms with Crippen LogP contribution in [0.25, 0.3) is 0 Å². The maximum absolute atomic E-state index is 12.0. The van der Waals surface area contributed by atoms with Crippen molar-refractivity contribution in [2.75, 3.05) is 33.3 Å². The van der Waals surface area contributed by atoms with Gasteiger partial charge in [0.2, 0.25) is 5.91 Å². The van der Waals surface area contributed by atoms with E-state index in [-0.39, 0.29) is 23.8 Å². The highest BCUT2D eigenvalue weighted by Gasteiger charge is 2.27. The number of hydrogen-bond donors (Lipinski definition) is 0. The third-order valence-corrected chi connectivity index (χ3v) is 3.73. The number of hydrogen-bond acceptors (Lipinski definition) is 4. The Labute approximate surface area is 115 Å². The number of piperidine rings is 1. The number of esters is 1. The molecule has 1 fully saturated rings. The van der Waals surface area contributed by atoms with Gasteiger partial charge in [-0.25, -0.2) is 0 Å². The number of carbonyl (C=O) groups is 2. The molecule has 1 heterocycles. The lowest BCUT2D eigenvalue weighted by atomic mass is 9.97. The Morgan fingerprint density at radius 3 is 2.37 bits per heavy atom. The number of carbonyl (C=O) groups excluding carboxylic acids is 2. The molecule has 0 N–H and O–H groups in total. The minimum atomic E-state index is -0.0900. The van der Waals surface area contributed by atoms with Gasteiger partial charge in [-0.2, -0.15) is 0 Å². The number of nitrogens with zero attached hydrogens (tertiary/aromatic N) is 2. The Bertz CT molecular complexity index is 310. The molecular formula is C14H26N2O3. The van der Waals surface area contributed by atoms with Crippen LogP contribution < -0.4 is 0 Å². The highest BCUT2D eigenvalue weighted by atomic mass is 16.5. The summed E-state index contributed by atoms with van der Waals surface area (Å²) in [5.74, 6) is 0.0616. The molecule has 1 amide bonds. The average Bonchev–Trinajstić information content (AvgIpc) is 2.38. The molecule has 0 unspecified atom stereocenters. The summed E-state index contributed by atoms with van der Waals surface area (Å²) in [6, 6.07) is 0.226. The van der Waals surface area contributed by atoms with Crippen molar-refractivity contribution in [3.8, 4) is 0 Å². The first-order valence-corrected chi connectivity index (χ1v) is 7.10. The summed E-state index contributed by atoms with van der Waals surface area (Å²) >= 11 is 0. The van der Waals surface area contributed by atoms with E-state index in [0.717, 1.165) is 25.9 Å². The van der Waals surface area contributed by atoms with Gasteiger partial charge in [0.05, 0.1) is 19.1 Å². The van der Waals surface area contributed by atoms with Gasteiger partial charge in [-0.1, -0.05) is 0 Å². The summed E-state index contributed by atoms with van der Waals surface area (Å²) in [5, 5.41) is 0. The van der Waals surface area contributed by atoms with E-state index in [1.165, 1.54) is 0 Å². The monoisotopic (exact) mass is 270 g/mol. The van der Waals surface area contributed by atoms with Crippen LogP contribution in [0.2, 0.25) is 0 Å². The van der Waals surface area contributed by atoms with E-state index in [0.29, 0.717) is 13.2 Å². The summed E-state index contributed by atoms with van der Waals surface area (Å²) < 4.78 is 5.03. The van der Waals surface area contributed by atoms with E-state index in [1.807, 2.05) is 27.8 Å². The molecular weight excluding hydrogens is 244 g/mol. The smallest absolute Gasteiger partial charge is 0.309 e. The Balaban J connectivity index is 2.34. The van der Waals surface area contributed by atoms with Crippen molar-refractivity contribution in [1.82, 2.24) is 9.80 Å². The van der Waals surface area contributed by atoms with Crippen LogP contribution in [-0.2, 0) is 14.3 Å². The second-order valence-corrected chi connectivity index (χ2v) is 5.40. The Hall–Kier alpha value is -1.10. The van der Waals surface area contributed by atoms with Crippen LogP contribution in [0.1, 0.15) is 33.6 Å². The lowest BCUT2D eigenvalue weighted by Gasteiger charge is -2.32. The molecule has 0 aromatic heterocycles. The van der Waals surface area contributed by atoms with E-state index < -0.39 is 0 Å². The first-order valence-electron chi connectivity index (χ1n) is 7.10. The number of rotatable bonds is 5. The van der Waals surface area contributed by atoms with Gasteiger partial charge in [0.15, 0.2) is 0 Å². The zero-order valence-corrected chi connectivity index (χ0v) is 12.5. The first kappa shape index (κ1) is 16.0. The summed E-state index contributed by atoms with van der Waals surface area (Å²) in [6.45, 7) is 8.31. The van der Waals surface area contributed by atoms with E-state index in [2.05, 4.69) is 4.90 Å². The van der Waals surface area contributed by atoms with Crippen molar-refractivity contribution in [2.24, 2.45) is 5.92 Å². The number of likely N-dealkylation sites (tertiary alicyclic amines) is 1. The van der Waals surface area contributed by atoms with Gasteiger partial charge in [0, 0.05) is 13.1 Å². The lowest BCUT2D eigenvalue weighted by Crippen LogP contribution is -2.45. The topological polar surface area (TPSA) is 49.9 Å². The minimum Gasteiger partial charge on any atom is -0.466 e. The summed E-state index contributed by atoms with van der Waals surface area (Å²) in [4.78, 5) is 27.5. The molecule has 0 aromatic rings. The van der Waals surface area contributed by atoms with E-state index >= 15 is 0 Å². The van der Waals surface area contributed by atoms with Crippen molar-refractivity contribution < 1.29 is 14.3 Å². The van der Waals surface area contributed by atoms with Crippen LogP contribution in [0.4, 0.5) is 0 Å². The fourth-order valence-electron chi connectivity index (χ4n) is 2.18. The minimum absolute atomic E-state index is 0.00845. The van der Waals surface area contributed by atoms with Gasteiger partial charge in [-0.05, 0) is 46.7 Å².